The summed E-state index contributed by atoms with van der Waals surface area (Å²) >= 11 is 0. The highest BCUT2D eigenvalue weighted by Gasteiger charge is 2.36. The lowest BCUT2D eigenvalue weighted by Crippen LogP contribution is -2.45. The van der Waals surface area contributed by atoms with Gasteiger partial charge in [0, 0.05) is 57.5 Å². The van der Waals surface area contributed by atoms with E-state index in [-0.39, 0.29) is 30.6 Å². The molecule has 3 aliphatic rings. The topological polar surface area (TPSA) is 103 Å². The summed E-state index contributed by atoms with van der Waals surface area (Å²) in [5.41, 5.74) is 6.22. The fourth-order valence-electron chi connectivity index (χ4n) is 7.81. The van der Waals surface area contributed by atoms with Crippen LogP contribution in [0.25, 0.3) is 11.1 Å². The van der Waals surface area contributed by atoms with Crippen LogP contribution in [-0.4, -0.2) is 78.1 Å². The molecule has 0 aliphatic carbocycles. The van der Waals surface area contributed by atoms with Crippen LogP contribution in [0.2, 0.25) is 0 Å². The zero-order valence-corrected chi connectivity index (χ0v) is 30.2. The minimum Gasteiger partial charge on any atom is -0.392 e. The summed E-state index contributed by atoms with van der Waals surface area (Å²) in [4.78, 5) is 28.9. The van der Waals surface area contributed by atoms with Crippen molar-refractivity contribution in [2.45, 2.75) is 102 Å². The summed E-state index contributed by atoms with van der Waals surface area (Å²) in [6, 6.07) is 25.4. The molecule has 274 valence electrons. The number of aliphatic hydroxyl groups excluding tert-OH is 1. The van der Waals surface area contributed by atoms with Gasteiger partial charge in [0.25, 0.3) is 0 Å². The third-order valence-corrected chi connectivity index (χ3v) is 10.7. The van der Waals surface area contributed by atoms with Crippen LogP contribution in [0, 0.1) is 0 Å². The van der Waals surface area contributed by atoms with Crippen molar-refractivity contribution < 1.29 is 24.2 Å². The van der Waals surface area contributed by atoms with Crippen LogP contribution in [0.1, 0.15) is 99.4 Å². The van der Waals surface area contributed by atoms with Crippen molar-refractivity contribution in [1.82, 2.24) is 20.4 Å². The van der Waals surface area contributed by atoms with E-state index in [0.29, 0.717) is 25.6 Å². The van der Waals surface area contributed by atoms with E-state index in [0.717, 1.165) is 78.7 Å². The Labute approximate surface area is 303 Å². The van der Waals surface area contributed by atoms with E-state index in [4.69, 9.17) is 9.47 Å². The molecule has 4 atom stereocenters. The Bertz CT molecular complexity index is 1540. The molecule has 3 aromatic rings. The van der Waals surface area contributed by atoms with Crippen molar-refractivity contribution in [2.24, 2.45) is 0 Å². The van der Waals surface area contributed by atoms with Crippen LogP contribution in [-0.2, 0) is 32.2 Å². The molecular formula is C42H56N4O5. The minimum absolute atomic E-state index is 0.0188. The molecule has 0 aromatic heterocycles. The first-order valence-electron chi connectivity index (χ1n) is 19.1. The van der Waals surface area contributed by atoms with Crippen LogP contribution in [0.3, 0.4) is 0 Å². The highest BCUT2D eigenvalue weighted by atomic mass is 16.7. The summed E-state index contributed by atoms with van der Waals surface area (Å²) in [5.74, 6) is 0.0207. The van der Waals surface area contributed by atoms with E-state index in [1.807, 2.05) is 24.3 Å². The Kier molecular flexibility index (Phi) is 13.7. The summed E-state index contributed by atoms with van der Waals surface area (Å²) in [6.07, 6.45) is 8.40. The maximum absolute atomic E-state index is 12.6. The average molecular weight is 697 g/mol. The van der Waals surface area contributed by atoms with Crippen LogP contribution < -0.4 is 10.6 Å². The summed E-state index contributed by atoms with van der Waals surface area (Å²) in [7, 11) is 0. The largest absolute Gasteiger partial charge is 0.392 e. The molecule has 3 aromatic carbocycles. The number of likely N-dealkylation sites (tertiary alicyclic amines) is 2. The van der Waals surface area contributed by atoms with Gasteiger partial charge in [0.1, 0.15) is 0 Å². The Balaban J connectivity index is 1.10. The highest BCUT2D eigenvalue weighted by molar-refractivity contribution is 5.76. The molecule has 0 bridgehead atoms. The van der Waals surface area contributed by atoms with Crippen LogP contribution in [0.5, 0.6) is 0 Å². The maximum atomic E-state index is 12.6. The third kappa shape index (κ3) is 10.7. The molecule has 0 saturated carbocycles. The van der Waals surface area contributed by atoms with E-state index in [9.17, 15) is 14.7 Å². The predicted octanol–water partition coefficient (Wildman–Crippen LogP) is 6.26. The van der Waals surface area contributed by atoms with Gasteiger partial charge in [-0.15, -0.1) is 0 Å². The van der Waals surface area contributed by atoms with Crippen molar-refractivity contribution in [2.75, 3.05) is 39.3 Å². The molecule has 51 heavy (non-hydrogen) atoms. The molecule has 9 nitrogen and oxygen atoms in total. The number of hydrogen-bond acceptors (Lipinski definition) is 7. The maximum Gasteiger partial charge on any atom is 0.220 e. The van der Waals surface area contributed by atoms with Crippen LogP contribution in [0.4, 0.5) is 0 Å². The van der Waals surface area contributed by atoms with Crippen molar-refractivity contribution >= 4 is 11.8 Å². The molecule has 9 heteroatoms. The molecule has 3 aliphatic heterocycles. The van der Waals surface area contributed by atoms with Crippen LogP contribution >= 0.6 is 0 Å². The molecule has 6 rings (SSSR count). The number of nitrogens with zero attached hydrogens (tertiary/aromatic N) is 2. The fourth-order valence-corrected chi connectivity index (χ4v) is 7.81. The third-order valence-electron chi connectivity index (χ3n) is 10.7. The van der Waals surface area contributed by atoms with Gasteiger partial charge in [-0.2, -0.15) is 0 Å². The molecule has 3 saturated heterocycles. The molecule has 0 spiro atoms. The standard InChI is InChI=1S/C42H56N4O5/c1-31(48)43-22-6-2-3-13-41(49)44-27-36-10-4-5-12-39(36)33-18-20-35(21-19-33)42-50-38(26-40(51-42)34-16-14-32(30-47)15-17-34)29-46-25-9-11-37(46)28-45-23-7-8-24-45/h4-5,10,12,14-21,37-38,40,42,47H,2-3,6-9,11,13,22-30H2,1H3,(H,43,48)(H,44,49). The van der Waals surface area contributed by atoms with Gasteiger partial charge in [0.2, 0.25) is 11.8 Å². The fraction of sp³-hybridized carbons (Fsp3) is 0.524. The lowest BCUT2D eigenvalue weighted by Gasteiger charge is -2.39. The monoisotopic (exact) mass is 696 g/mol. The predicted molar refractivity (Wildman–Crippen MR) is 200 cm³/mol. The first-order chi connectivity index (χ1) is 24.9. The summed E-state index contributed by atoms with van der Waals surface area (Å²) in [6.45, 7) is 8.29. The second kappa shape index (κ2) is 18.8. The number of hydrogen-bond donors (Lipinski definition) is 3. The highest BCUT2D eigenvalue weighted by Crippen LogP contribution is 2.39. The van der Waals surface area contributed by atoms with E-state index >= 15 is 0 Å². The number of aliphatic hydroxyl groups is 1. The van der Waals surface area contributed by atoms with Gasteiger partial charge < -0.3 is 30.1 Å². The quantitative estimate of drug-likeness (QED) is 0.152. The zero-order valence-electron chi connectivity index (χ0n) is 30.2. The van der Waals surface area contributed by atoms with E-state index < -0.39 is 6.29 Å². The number of carbonyl (C=O) groups excluding carboxylic acids is 2. The number of rotatable bonds is 16. The second-order valence-electron chi connectivity index (χ2n) is 14.5. The zero-order chi connectivity index (χ0) is 35.4. The number of amides is 2. The second-order valence-corrected chi connectivity index (χ2v) is 14.5. The van der Waals surface area contributed by atoms with E-state index in [1.165, 1.54) is 45.7 Å². The van der Waals surface area contributed by atoms with Crippen molar-refractivity contribution in [3.05, 3.63) is 95.1 Å². The Morgan fingerprint density at radius 3 is 2.35 bits per heavy atom. The number of carbonyl (C=O) groups is 2. The van der Waals surface area contributed by atoms with Crippen LogP contribution in [0.15, 0.2) is 72.8 Å². The molecule has 0 radical (unpaired) electrons. The van der Waals surface area contributed by atoms with E-state index in [2.05, 4.69) is 69.0 Å². The normalized spacial score (nSPS) is 22.6. The van der Waals surface area contributed by atoms with Gasteiger partial charge >= 0.3 is 0 Å². The Morgan fingerprint density at radius 1 is 0.824 bits per heavy atom. The number of benzene rings is 3. The van der Waals surface area contributed by atoms with Gasteiger partial charge in [-0.05, 0) is 86.0 Å². The summed E-state index contributed by atoms with van der Waals surface area (Å²) < 4.78 is 13.4. The molecule has 3 fully saturated rings. The van der Waals surface area contributed by atoms with Gasteiger partial charge in [0.15, 0.2) is 6.29 Å². The van der Waals surface area contributed by atoms with Crippen molar-refractivity contribution in [3.63, 3.8) is 0 Å². The lowest BCUT2D eigenvalue weighted by atomic mass is 9.97. The molecule has 2 amide bonds. The molecule has 3 N–H and O–H groups in total. The number of ether oxygens (including phenoxy) is 2. The number of unbranched alkanes of at least 4 members (excludes halogenated alkanes) is 2. The van der Waals surface area contributed by atoms with Gasteiger partial charge in [-0.3, -0.25) is 14.5 Å². The first kappa shape index (κ1) is 37.2. The Hall–Kier alpha value is -3.60. The SMILES string of the molecule is CC(=O)NCCCCCC(=O)NCc1ccccc1-c1ccc(C2OC(CN3CCCC3CN3CCCC3)CC(c3ccc(CO)cc3)O2)cc1. The molecular weight excluding hydrogens is 640 g/mol. The summed E-state index contributed by atoms with van der Waals surface area (Å²) in [5, 5.41) is 15.5. The van der Waals surface area contributed by atoms with Crippen molar-refractivity contribution in [3.8, 4) is 11.1 Å². The van der Waals surface area contributed by atoms with Crippen molar-refractivity contribution in [1.29, 1.82) is 0 Å². The number of nitrogens with one attached hydrogen (secondary N) is 2. The van der Waals surface area contributed by atoms with E-state index in [1.54, 1.807) is 0 Å². The lowest BCUT2D eigenvalue weighted by molar-refractivity contribution is -0.253. The van der Waals surface area contributed by atoms with Gasteiger partial charge in [0.05, 0.1) is 18.8 Å². The molecule has 3 heterocycles. The molecule has 4 unspecified atom stereocenters. The van der Waals surface area contributed by atoms with Gasteiger partial charge in [-0.1, -0.05) is 79.2 Å². The first-order valence-corrected chi connectivity index (χ1v) is 19.1. The smallest absolute Gasteiger partial charge is 0.220 e. The average Bonchev–Trinajstić information content (AvgIpc) is 3.84. The Morgan fingerprint density at radius 2 is 1.59 bits per heavy atom. The minimum atomic E-state index is -0.493. The van der Waals surface area contributed by atoms with Gasteiger partial charge in [-0.25, -0.2) is 0 Å².